The second-order valence-corrected chi connectivity index (χ2v) is 8.18. The summed E-state index contributed by atoms with van der Waals surface area (Å²) < 4.78 is 44.8. The van der Waals surface area contributed by atoms with Crippen LogP contribution in [0.2, 0.25) is 0 Å². The minimum Gasteiger partial charge on any atom is -0.553 e. The van der Waals surface area contributed by atoms with Crippen molar-refractivity contribution < 1.29 is 72.9 Å². The first-order valence-corrected chi connectivity index (χ1v) is 13.3. The standard InChI is InChI=1S/2C7H12NO3.3C5H10O3.4Rf/c1-8-3-4-11-6-7(9)5-10-2;1-10-5-7(9)6-11-4-2-3-8;3*1-7-3-5(6)4-8-2;;;;/h7,9H,2-6H2;7,9H,1-2,4-6H2;3*5-6H,1-4H2;;;;/q2*-1;3*-2;;;;. The second kappa shape index (κ2) is 62.2. The average molecular weight is 1740 g/mol. The molecule has 2 atom stereocenters. The maximum absolute atomic E-state index is 8.98. The molecular formula is C29H54N2O15Rf4-8. The first-order chi connectivity index (χ1) is 22.0. The van der Waals surface area contributed by atoms with Crippen molar-refractivity contribution in [1.29, 1.82) is 5.26 Å². The Morgan fingerprint density at radius 1 is 0.460 bits per heavy atom. The summed E-state index contributed by atoms with van der Waals surface area (Å²) in [4.78, 5) is 3.08. The van der Waals surface area contributed by atoms with E-state index in [4.69, 9.17) is 46.8 Å². The van der Waals surface area contributed by atoms with Gasteiger partial charge in [0.05, 0.1) is 62.8 Å². The van der Waals surface area contributed by atoms with Crippen LogP contribution >= 0.6 is 0 Å². The van der Waals surface area contributed by atoms with Crippen LogP contribution in [0.5, 0.6) is 0 Å². The topological polar surface area (TPSA) is 222 Å². The molecule has 0 aromatic rings. The van der Waals surface area contributed by atoms with E-state index in [9.17, 15) is 0 Å². The number of aliphatic hydroxyl groups excluding tert-OH is 5. The van der Waals surface area contributed by atoms with Gasteiger partial charge in [0.1, 0.15) is 6.61 Å². The fourth-order valence-electron chi connectivity index (χ4n) is 2.00. The van der Waals surface area contributed by atoms with Crippen molar-refractivity contribution in [2.45, 2.75) is 36.9 Å². The zero-order valence-corrected chi connectivity index (χ0v) is 55.1. The van der Waals surface area contributed by atoms with Gasteiger partial charge in [-0.05, 0) is 0 Å². The van der Waals surface area contributed by atoms with Crippen LogP contribution in [-0.2, 0) is 47.4 Å². The van der Waals surface area contributed by atoms with Gasteiger partial charge in [-0.1, -0.05) is 0 Å². The third-order valence-corrected chi connectivity index (χ3v) is 3.81. The molecular weight excluding hydrogens is 1680 g/mol. The third-order valence-electron chi connectivity index (χ3n) is 3.81. The number of rotatable bonds is 24. The molecule has 0 aliphatic heterocycles. The molecule has 0 rings (SSSR count). The van der Waals surface area contributed by atoms with E-state index in [-0.39, 0.29) is 66.1 Å². The maximum atomic E-state index is 8.98. The summed E-state index contributed by atoms with van der Waals surface area (Å²) in [6, 6.07) is 1.92. The summed E-state index contributed by atoms with van der Waals surface area (Å²) in [5, 5.41) is 52.2. The van der Waals surface area contributed by atoms with E-state index >= 15 is 0 Å². The number of hydrogen-bond acceptors (Lipinski definition) is 16. The Hall–Kier alpha value is -5.62. The van der Waals surface area contributed by atoms with Gasteiger partial charge < -0.3 is 77.7 Å². The molecule has 2 unspecified atom stereocenters. The van der Waals surface area contributed by atoms with Crippen LogP contribution in [-0.4, -0.2) is 142 Å². The first kappa shape index (κ1) is 66.7. The average Bonchev–Trinajstić information content (AvgIpc) is 3.00. The molecule has 0 aliphatic carbocycles. The predicted octanol–water partition coefficient (Wildman–Crippen LogP) is 0.0682. The van der Waals surface area contributed by atoms with Gasteiger partial charge in [0.25, 0.3) is 0 Å². The van der Waals surface area contributed by atoms with Crippen LogP contribution in [0.25, 0.3) is 4.85 Å². The van der Waals surface area contributed by atoms with Crippen molar-refractivity contribution in [3.63, 3.8) is 0 Å². The van der Waals surface area contributed by atoms with E-state index in [1.54, 1.807) is 0 Å². The Morgan fingerprint density at radius 2 is 0.680 bits per heavy atom. The van der Waals surface area contributed by atoms with Crippen molar-refractivity contribution >= 4 is 0 Å². The number of nitriles is 1. The summed E-state index contributed by atoms with van der Waals surface area (Å²) in [6.45, 7) is 9.31. The number of ether oxygens (including phenoxy) is 10. The van der Waals surface area contributed by atoms with Gasteiger partial charge in [0.2, 0.25) is 6.54 Å². The monoisotopic (exact) mass is 1740 g/mol. The summed E-state index contributed by atoms with van der Waals surface area (Å²) in [5.74, 6) is 0. The van der Waals surface area contributed by atoms with Gasteiger partial charge in [0, 0.05) is 52.9 Å². The Labute approximate surface area is 275 Å². The molecule has 50 heavy (non-hydrogen) atoms. The molecule has 0 spiro atoms. The van der Waals surface area contributed by atoms with E-state index in [0.29, 0.717) is 26.2 Å². The van der Waals surface area contributed by atoms with Crippen LogP contribution in [0, 0.1) is 74.8 Å². The van der Waals surface area contributed by atoms with Crippen LogP contribution in [0.3, 0.4) is 0 Å². The molecule has 0 amide bonds. The van der Waals surface area contributed by atoms with Crippen LogP contribution in [0.4, 0.5) is 0 Å². The van der Waals surface area contributed by atoms with Crippen molar-refractivity contribution in [3.8, 4) is 6.07 Å². The summed E-state index contributed by atoms with van der Waals surface area (Å²) >= 11 is 0. The molecule has 0 aromatic heterocycles. The van der Waals surface area contributed by atoms with E-state index in [2.05, 4.69) is 99.6 Å². The van der Waals surface area contributed by atoms with E-state index in [1.807, 2.05) is 6.07 Å². The third kappa shape index (κ3) is 78.6. The molecule has 0 saturated carbocycles. The fourth-order valence-corrected chi connectivity index (χ4v) is 2.00. The minimum atomic E-state index is -0.647. The summed E-state index contributed by atoms with van der Waals surface area (Å²) in [5.41, 5.74) is 0. The number of hydrogen-bond donors (Lipinski definition) is 5. The van der Waals surface area contributed by atoms with Crippen molar-refractivity contribution in [1.82, 2.24) is 0 Å². The van der Waals surface area contributed by atoms with E-state index < -0.39 is 30.5 Å². The summed E-state index contributed by atoms with van der Waals surface area (Å²) in [6.07, 6.45) is -2.76. The van der Waals surface area contributed by atoms with Gasteiger partial charge in [-0.25, -0.2) is 63.5 Å². The first-order valence-electron chi connectivity index (χ1n) is 13.3. The molecule has 21 heteroatoms. The van der Waals surface area contributed by atoms with Crippen molar-refractivity contribution in [3.05, 3.63) is 68.3 Å². The Bertz CT molecular complexity index is 551. The quantitative estimate of drug-likeness (QED) is 0.0638. The normalized spacial score (nSPS) is 10.5. The molecule has 0 bridgehead atoms. The van der Waals surface area contributed by atoms with Crippen LogP contribution < -0.4 is 0 Å². The number of aliphatic hydroxyl groups is 5. The van der Waals surface area contributed by atoms with Crippen LogP contribution in [0.1, 0.15) is 6.42 Å². The molecule has 0 fully saturated rings. The molecule has 0 heterocycles. The second-order valence-electron chi connectivity index (χ2n) is 8.18. The maximum Gasteiger partial charge on any atom is 0.237 e. The smallest absolute Gasteiger partial charge is 0.237 e. The summed E-state index contributed by atoms with van der Waals surface area (Å²) in [7, 11) is 24.6. The van der Waals surface area contributed by atoms with E-state index in [0.717, 1.165) is 0 Å². The SMILES string of the molecule is [C-]#[N+]CCOCC(O)CO[CH2-].[CH2-]OCC(O)COCCC#N.[CH2-]OCC(O)CO[CH2-].[CH2-]OCC(O)CO[CH2-].[CH2-]OCC(O)CO[CH2-].[Rf].[Rf].[Rf].[Rf]. The van der Waals surface area contributed by atoms with Crippen molar-refractivity contribution in [2.24, 2.45) is 0 Å². The minimum absolute atomic E-state index is 0. The van der Waals surface area contributed by atoms with Gasteiger partial charge in [-0.2, -0.15) is 5.26 Å². The molecule has 286 valence electrons. The molecule has 5 N–H and O–H groups in total. The Kier molecular flexibility index (Phi) is 83.1. The zero-order chi connectivity index (χ0) is 36.3. The molecule has 0 aliphatic rings. The predicted molar refractivity (Wildman–Crippen MR) is 164 cm³/mol. The van der Waals surface area contributed by atoms with Crippen molar-refractivity contribution in [2.75, 3.05) is 85.8 Å². The van der Waals surface area contributed by atoms with Gasteiger partial charge in [-0.15, -0.1) is 0 Å². The van der Waals surface area contributed by atoms with Crippen LogP contribution in [0.15, 0.2) is 0 Å². The van der Waals surface area contributed by atoms with E-state index in [1.165, 1.54) is 0 Å². The molecule has 0 aromatic carbocycles. The largest absolute Gasteiger partial charge is 0.553 e. The fraction of sp³-hybridized carbons (Fsp3) is 0.655. The van der Waals surface area contributed by atoms with Gasteiger partial charge in [0.15, 0.2) is 0 Å². The van der Waals surface area contributed by atoms with Gasteiger partial charge in [-0.3, -0.25) is 0 Å². The zero-order valence-electron chi connectivity index (χ0n) is 29.5. The molecule has 17 nitrogen and oxygen atoms in total. The molecule has 0 radical (unpaired) electrons. The molecule has 0 saturated heterocycles. The number of nitrogens with zero attached hydrogens (tertiary/aromatic N) is 2. The Morgan fingerprint density at radius 3 is 0.880 bits per heavy atom. The van der Waals surface area contributed by atoms with Gasteiger partial charge >= 0.3 is 0 Å². The Balaban J connectivity index is -0.0000000593.